The highest BCUT2D eigenvalue weighted by Gasteiger charge is 2.34. The molecule has 0 radical (unpaired) electrons. The number of carbonyl (C=O) groups excluding carboxylic acids is 2. The Labute approximate surface area is 171 Å². The van der Waals surface area contributed by atoms with E-state index in [1.165, 1.54) is 0 Å². The first-order valence-corrected chi connectivity index (χ1v) is 12.4. The van der Waals surface area contributed by atoms with E-state index in [4.69, 9.17) is 0 Å². The smallest absolute Gasteiger partial charge is 0.238 e. The normalized spacial score (nSPS) is 18.2. The molecule has 1 heterocycles. The summed E-state index contributed by atoms with van der Waals surface area (Å²) >= 11 is 1.55. The lowest BCUT2D eigenvalue weighted by atomic mass is 10.2. The Kier molecular flexibility index (Phi) is 8.33. The summed E-state index contributed by atoms with van der Waals surface area (Å²) in [6.07, 6.45) is 3.20. The number of nitrogens with one attached hydrogen (secondary N) is 1. The van der Waals surface area contributed by atoms with Crippen LogP contribution in [0.15, 0.2) is 29.2 Å². The van der Waals surface area contributed by atoms with Crippen molar-refractivity contribution in [2.45, 2.75) is 30.7 Å². The van der Waals surface area contributed by atoms with Crippen LogP contribution in [0.4, 0.5) is 5.69 Å². The first-order chi connectivity index (χ1) is 13.3. The number of rotatable bonds is 9. The fourth-order valence-electron chi connectivity index (χ4n) is 3.33. The van der Waals surface area contributed by atoms with Crippen molar-refractivity contribution in [2.75, 3.05) is 49.8 Å². The average molecular weight is 428 g/mol. The highest BCUT2D eigenvalue weighted by molar-refractivity contribution is 7.98. The van der Waals surface area contributed by atoms with Gasteiger partial charge in [0.25, 0.3) is 0 Å². The summed E-state index contributed by atoms with van der Waals surface area (Å²) in [5.41, 5.74) is 0.753. The summed E-state index contributed by atoms with van der Waals surface area (Å²) < 4.78 is 23.5. The van der Waals surface area contributed by atoms with Crippen molar-refractivity contribution < 1.29 is 18.0 Å². The van der Waals surface area contributed by atoms with E-state index in [0.717, 1.165) is 17.0 Å². The maximum absolute atomic E-state index is 12.7. The number of sulfone groups is 1. The molecule has 2 amide bonds. The molecule has 0 aliphatic carbocycles. The van der Waals surface area contributed by atoms with Crippen molar-refractivity contribution in [3.05, 3.63) is 24.3 Å². The molecule has 1 aromatic carbocycles. The first-order valence-electron chi connectivity index (χ1n) is 9.37. The van der Waals surface area contributed by atoms with Gasteiger partial charge in [-0.2, -0.15) is 0 Å². The van der Waals surface area contributed by atoms with Crippen LogP contribution in [0.25, 0.3) is 0 Å². The summed E-state index contributed by atoms with van der Waals surface area (Å²) in [5, 5.41) is 2.88. The molecule has 1 aliphatic heterocycles. The van der Waals surface area contributed by atoms with Gasteiger partial charge in [-0.15, -0.1) is 11.8 Å². The number of amides is 2. The first kappa shape index (κ1) is 22.7. The lowest BCUT2D eigenvalue weighted by Gasteiger charge is -2.29. The largest absolute Gasteiger partial charge is 0.338 e. The van der Waals surface area contributed by atoms with Crippen LogP contribution in [-0.4, -0.2) is 80.5 Å². The quantitative estimate of drug-likeness (QED) is 0.604. The van der Waals surface area contributed by atoms with Crippen LogP contribution in [0.2, 0.25) is 0 Å². The van der Waals surface area contributed by atoms with Gasteiger partial charge in [-0.25, -0.2) is 8.42 Å². The van der Waals surface area contributed by atoms with Crippen LogP contribution < -0.4 is 5.32 Å². The summed E-state index contributed by atoms with van der Waals surface area (Å²) in [6.45, 7) is 2.65. The van der Waals surface area contributed by atoms with Gasteiger partial charge in [0, 0.05) is 17.5 Å². The molecule has 1 aliphatic rings. The summed E-state index contributed by atoms with van der Waals surface area (Å²) in [6, 6.07) is 7.30. The van der Waals surface area contributed by atoms with E-state index in [0.29, 0.717) is 13.0 Å². The second kappa shape index (κ2) is 10.3. The third-order valence-corrected chi connectivity index (χ3v) is 7.18. The van der Waals surface area contributed by atoms with Crippen LogP contribution in [0, 0.1) is 0 Å². The van der Waals surface area contributed by atoms with Gasteiger partial charge >= 0.3 is 0 Å². The van der Waals surface area contributed by atoms with Gasteiger partial charge in [-0.1, -0.05) is 19.1 Å². The van der Waals surface area contributed by atoms with Crippen molar-refractivity contribution in [1.29, 1.82) is 0 Å². The molecule has 0 unspecified atom stereocenters. The number of likely N-dealkylation sites (N-methyl/N-ethyl adjacent to an activating group) is 1. The van der Waals surface area contributed by atoms with Crippen molar-refractivity contribution in [3.63, 3.8) is 0 Å². The Morgan fingerprint density at radius 1 is 1.25 bits per heavy atom. The maximum Gasteiger partial charge on any atom is 0.238 e. The van der Waals surface area contributed by atoms with Gasteiger partial charge < -0.3 is 10.2 Å². The fraction of sp³-hybridized carbons (Fsp3) is 0.579. The Hall–Kier alpha value is -1.58. The zero-order valence-corrected chi connectivity index (χ0v) is 18.3. The third-order valence-electron chi connectivity index (χ3n) is 4.63. The predicted octanol–water partition coefficient (Wildman–Crippen LogP) is 1.70. The number of anilines is 1. The maximum atomic E-state index is 12.7. The predicted molar refractivity (Wildman–Crippen MR) is 113 cm³/mol. The summed E-state index contributed by atoms with van der Waals surface area (Å²) in [4.78, 5) is 29.4. The standard InChI is InChI=1S/C19H29N3O4S2/c1-4-10-22(15-9-11-28(25,26)14-15)19(24)13-21(2)12-18(23)20-16-7-5-6-8-17(16)27-3/h5-8,15H,4,9-14H2,1-3H3,(H,20,23)/t15-/m0/s1. The minimum Gasteiger partial charge on any atom is -0.338 e. The molecular weight excluding hydrogens is 398 g/mol. The molecule has 1 fully saturated rings. The number of benzene rings is 1. The second-order valence-electron chi connectivity index (χ2n) is 7.06. The highest BCUT2D eigenvalue weighted by atomic mass is 32.2. The highest BCUT2D eigenvalue weighted by Crippen LogP contribution is 2.24. The molecule has 9 heteroatoms. The fourth-order valence-corrected chi connectivity index (χ4v) is 5.62. The van der Waals surface area contributed by atoms with E-state index in [-0.39, 0.29) is 42.5 Å². The Morgan fingerprint density at radius 2 is 1.96 bits per heavy atom. The van der Waals surface area contributed by atoms with E-state index in [1.807, 2.05) is 37.4 Å². The second-order valence-corrected chi connectivity index (χ2v) is 10.1. The molecular formula is C19H29N3O4S2. The van der Waals surface area contributed by atoms with Crippen LogP contribution in [0.1, 0.15) is 19.8 Å². The summed E-state index contributed by atoms with van der Waals surface area (Å²) in [7, 11) is -1.34. The topological polar surface area (TPSA) is 86.8 Å². The Morgan fingerprint density at radius 3 is 2.57 bits per heavy atom. The van der Waals surface area contributed by atoms with E-state index >= 15 is 0 Å². The molecule has 1 aromatic rings. The Bertz CT molecular complexity index is 798. The zero-order chi connectivity index (χ0) is 20.7. The van der Waals surface area contributed by atoms with Crippen molar-refractivity contribution >= 4 is 39.1 Å². The molecule has 7 nitrogen and oxygen atoms in total. The van der Waals surface area contributed by atoms with E-state index in [2.05, 4.69) is 5.32 Å². The molecule has 0 aromatic heterocycles. The van der Waals surface area contributed by atoms with Crippen LogP contribution in [0.5, 0.6) is 0 Å². The van der Waals surface area contributed by atoms with Gasteiger partial charge in [0.1, 0.15) is 0 Å². The SMILES string of the molecule is CCCN(C(=O)CN(C)CC(=O)Nc1ccccc1SC)[C@H]1CCS(=O)(=O)C1. The minimum atomic E-state index is -3.05. The van der Waals surface area contributed by atoms with Crippen LogP contribution in [0.3, 0.4) is 0 Å². The van der Waals surface area contributed by atoms with Crippen LogP contribution >= 0.6 is 11.8 Å². The molecule has 0 bridgehead atoms. The van der Waals surface area contributed by atoms with Gasteiger partial charge in [0.05, 0.1) is 30.3 Å². The molecule has 0 saturated carbocycles. The zero-order valence-electron chi connectivity index (χ0n) is 16.7. The Balaban J connectivity index is 1.92. The number of thioether (sulfide) groups is 1. The number of hydrogen-bond donors (Lipinski definition) is 1. The molecule has 156 valence electrons. The lowest BCUT2D eigenvalue weighted by molar-refractivity contribution is -0.134. The average Bonchev–Trinajstić information content (AvgIpc) is 2.99. The number of para-hydroxylation sites is 1. The van der Waals surface area contributed by atoms with Crippen molar-refractivity contribution in [2.24, 2.45) is 0 Å². The summed E-state index contributed by atoms with van der Waals surface area (Å²) in [5.74, 6) is -0.154. The molecule has 1 saturated heterocycles. The van der Waals surface area contributed by atoms with E-state index in [1.54, 1.807) is 28.6 Å². The number of carbonyl (C=O) groups is 2. The van der Waals surface area contributed by atoms with Gasteiger partial charge in [-0.05, 0) is 38.3 Å². The lowest BCUT2D eigenvalue weighted by Crippen LogP contribution is -2.47. The van der Waals surface area contributed by atoms with E-state index in [9.17, 15) is 18.0 Å². The van der Waals surface area contributed by atoms with E-state index < -0.39 is 9.84 Å². The van der Waals surface area contributed by atoms with Gasteiger partial charge in [0.2, 0.25) is 11.8 Å². The van der Waals surface area contributed by atoms with Crippen molar-refractivity contribution in [1.82, 2.24) is 9.80 Å². The number of nitrogens with zero attached hydrogens (tertiary/aromatic N) is 2. The molecule has 1 N–H and O–H groups in total. The molecule has 1 atom stereocenters. The third kappa shape index (κ3) is 6.49. The van der Waals surface area contributed by atoms with Crippen molar-refractivity contribution in [3.8, 4) is 0 Å². The van der Waals surface area contributed by atoms with Gasteiger partial charge in [0.15, 0.2) is 9.84 Å². The van der Waals surface area contributed by atoms with Gasteiger partial charge in [-0.3, -0.25) is 14.5 Å². The molecule has 0 spiro atoms. The minimum absolute atomic E-state index is 0.0361. The molecule has 2 rings (SSSR count). The number of hydrogen-bond acceptors (Lipinski definition) is 6. The monoisotopic (exact) mass is 427 g/mol. The van der Waals surface area contributed by atoms with Crippen LogP contribution in [-0.2, 0) is 19.4 Å². The molecule has 28 heavy (non-hydrogen) atoms.